The molecular formula is C7H8BrNO4S2. The molecule has 0 aliphatic carbocycles. The molecule has 0 aliphatic heterocycles. The van der Waals surface area contributed by atoms with E-state index in [-0.39, 0.29) is 4.21 Å². The second-order valence-corrected chi connectivity index (χ2v) is 7.14. The van der Waals surface area contributed by atoms with Crippen LogP contribution in [0, 0.1) is 0 Å². The molecule has 0 bridgehead atoms. The summed E-state index contributed by atoms with van der Waals surface area (Å²) in [5.74, 6) is -1.21. The quantitative estimate of drug-likeness (QED) is 0.876. The molecule has 15 heavy (non-hydrogen) atoms. The molecule has 1 rings (SSSR count). The van der Waals surface area contributed by atoms with Crippen LogP contribution in [-0.4, -0.2) is 25.5 Å². The third kappa shape index (κ3) is 3.26. The van der Waals surface area contributed by atoms with Gasteiger partial charge in [-0.25, -0.2) is 8.42 Å². The highest BCUT2D eigenvalue weighted by molar-refractivity contribution is 9.11. The summed E-state index contributed by atoms with van der Waals surface area (Å²) >= 11 is 4.15. The van der Waals surface area contributed by atoms with E-state index in [4.69, 9.17) is 5.11 Å². The lowest BCUT2D eigenvalue weighted by Crippen LogP contribution is -2.37. The number of sulfonamides is 1. The number of hydrogen-bond acceptors (Lipinski definition) is 4. The molecule has 1 atom stereocenters. The van der Waals surface area contributed by atoms with Gasteiger partial charge in [0, 0.05) is 0 Å². The van der Waals surface area contributed by atoms with E-state index in [1.807, 2.05) is 4.72 Å². The molecule has 0 saturated carbocycles. The van der Waals surface area contributed by atoms with Gasteiger partial charge in [0.15, 0.2) is 0 Å². The van der Waals surface area contributed by atoms with Gasteiger partial charge in [0.2, 0.25) is 0 Å². The second-order valence-electron chi connectivity index (χ2n) is 2.74. The highest BCUT2D eigenvalue weighted by Gasteiger charge is 2.22. The van der Waals surface area contributed by atoms with Gasteiger partial charge in [-0.05, 0) is 35.0 Å². The van der Waals surface area contributed by atoms with Gasteiger partial charge in [-0.2, -0.15) is 4.72 Å². The summed E-state index contributed by atoms with van der Waals surface area (Å²) in [6.45, 7) is 1.27. The fourth-order valence-electron chi connectivity index (χ4n) is 0.783. The third-order valence-corrected chi connectivity index (χ3v) is 5.17. The number of carbonyl (C=O) groups is 1. The van der Waals surface area contributed by atoms with E-state index in [9.17, 15) is 13.2 Å². The van der Waals surface area contributed by atoms with Crippen LogP contribution < -0.4 is 4.72 Å². The van der Waals surface area contributed by atoms with Crippen LogP contribution in [0.15, 0.2) is 20.1 Å². The fourth-order valence-corrected chi connectivity index (χ4v) is 4.01. The van der Waals surface area contributed by atoms with Crippen molar-refractivity contribution < 1.29 is 18.3 Å². The second kappa shape index (κ2) is 4.60. The first-order valence-corrected chi connectivity index (χ1v) is 6.92. The van der Waals surface area contributed by atoms with E-state index in [0.29, 0.717) is 3.79 Å². The van der Waals surface area contributed by atoms with Crippen LogP contribution in [0.5, 0.6) is 0 Å². The van der Waals surface area contributed by atoms with Gasteiger partial charge in [0.1, 0.15) is 10.3 Å². The smallest absolute Gasteiger partial charge is 0.321 e. The summed E-state index contributed by atoms with van der Waals surface area (Å²) in [6.07, 6.45) is 0. The Labute approximate surface area is 99.3 Å². The fraction of sp³-hybridized carbons (Fsp3) is 0.286. The minimum absolute atomic E-state index is 0.0856. The van der Waals surface area contributed by atoms with E-state index < -0.39 is 22.0 Å². The van der Waals surface area contributed by atoms with Gasteiger partial charge in [0.05, 0.1) is 3.79 Å². The van der Waals surface area contributed by atoms with E-state index in [2.05, 4.69) is 15.9 Å². The molecule has 84 valence electrons. The van der Waals surface area contributed by atoms with Crippen molar-refractivity contribution in [3.05, 3.63) is 15.9 Å². The van der Waals surface area contributed by atoms with Crippen LogP contribution in [0.3, 0.4) is 0 Å². The molecular weight excluding hydrogens is 306 g/mol. The Bertz CT molecular complexity index is 467. The van der Waals surface area contributed by atoms with Crippen LogP contribution in [0.4, 0.5) is 0 Å². The minimum atomic E-state index is -3.73. The maximum absolute atomic E-state index is 11.6. The van der Waals surface area contributed by atoms with E-state index in [0.717, 1.165) is 11.3 Å². The molecule has 8 heteroatoms. The Morgan fingerprint density at radius 1 is 1.60 bits per heavy atom. The molecule has 0 saturated heterocycles. The first-order chi connectivity index (χ1) is 6.83. The number of rotatable bonds is 4. The lowest BCUT2D eigenvalue weighted by Gasteiger charge is -2.07. The summed E-state index contributed by atoms with van der Waals surface area (Å²) in [4.78, 5) is 10.5. The average molecular weight is 314 g/mol. The lowest BCUT2D eigenvalue weighted by molar-refractivity contribution is -0.138. The van der Waals surface area contributed by atoms with Crippen molar-refractivity contribution in [1.29, 1.82) is 0 Å². The maximum Gasteiger partial charge on any atom is 0.321 e. The first kappa shape index (κ1) is 12.6. The van der Waals surface area contributed by atoms with E-state index in [1.165, 1.54) is 13.0 Å². The topological polar surface area (TPSA) is 83.5 Å². The number of halogens is 1. The van der Waals surface area contributed by atoms with Crippen molar-refractivity contribution in [3.63, 3.8) is 0 Å². The first-order valence-electron chi connectivity index (χ1n) is 3.83. The van der Waals surface area contributed by atoms with Gasteiger partial charge in [-0.15, -0.1) is 11.3 Å². The zero-order chi connectivity index (χ0) is 11.6. The Hall–Kier alpha value is -0.440. The molecule has 0 aliphatic rings. The summed E-state index contributed by atoms with van der Waals surface area (Å²) in [7, 11) is -3.73. The normalized spacial score (nSPS) is 13.7. The molecule has 0 fully saturated rings. The molecule has 2 N–H and O–H groups in total. The van der Waals surface area contributed by atoms with Gasteiger partial charge in [0.25, 0.3) is 10.0 Å². The molecule has 0 unspecified atom stereocenters. The highest BCUT2D eigenvalue weighted by Crippen LogP contribution is 2.25. The Kier molecular flexibility index (Phi) is 3.87. The van der Waals surface area contributed by atoms with Crippen molar-refractivity contribution in [2.45, 2.75) is 17.2 Å². The number of hydrogen-bond donors (Lipinski definition) is 2. The largest absolute Gasteiger partial charge is 0.480 e. The van der Waals surface area contributed by atoms with Crippen molar-refractivity contribution >= 4 is 43.3 Å². The number of carboxylic acid groups (broad SMARTS) is 1. The number of carboxylic acids is 1. The Balaban J connectivity index is 2.90. The standard InChI is InChI=1S/C7H8BrNO4S2/c1-4(7(10)11)9-15(12,13)6-3-2-5(8)14-6/h2-4,9H,1H3,(H,10,11)/t4-/m0/s1. The van der Waals surface area contributed by atoms with Crippen LogP contribution >= 0.6 is 27.3 Å². The lowest BCUT2D eigenvalue weighted by atomic mass is 10.4. The summed E-state index contributed by atoms with van der Waals surface area (Å²) in [5.41, 5.74) is 0. The maximum atomic E-state index is 11.6. The van der Waals surface area contributed by atoms with Crippen molar-refractivity contribution in [2.75, 3.05) is 0 Å². The van der Waals surface area contributed by atoms with Gasteiger partial charge >= 0.3 is 5.97 Å². The zero-order valence-corrected chi connectivity index (χ0v) is 10.8. The van der Waals surface area contributed by atoms with Crippen LogP contribution in [0.1, 0.15) is 6.92 Å². The molecule has 0 spiro atoms. The summed E-state index contributed by atoms with van der Waals surface area (Å²) < 4.78 is 26.0. The number of nitrogens with one attached hydrogen (secondary N) is 1. The van der Waals surface area contributed by atoms with Gasteiger partial charge < -0.3 is 5.11 Å². The van der Waals surface area contributed by atoms with Crippen molar-refractivity contribution in [3.8, 4) is 0 Å². The number of thiophene rings is 1. The molecule has 0 radical (unpaired) electrons. The molecule has 5 nitrogen and oxygen atoms in total. The van der Waals surface area contributed by atoms with Gasteiger partial charge in [-0.3, -0.25) is 4.79 Å². The van der Waals surface area contributed by atoms with Crippen molar-refractivity contribution in [1.82, 2.24) is 4.72 Å². The van der Waals surface area contributed by atoms with Gasteiger partial charge in [-0.1, -0.05) is 0 Å². The summed E-state index contributed by atoms with van der Waals surface area (Å²) in [5, 5.41) is 8.56. The van der Waals surface area contributed by atoms with Crippen LogP contribution in [-0.2, 0) is 14.8 Å². The molecule has 0 aromatic carbocycles. The van der Waals surface area contributed by atoms with Crippen LogP contribution in [0.25, 0.3) is 0 Å². The third-order valence-electron chi connectivity index (χ3n) is 1.52. The van der Waals surface area contributed by atoms with Crippen molar-refractivity contribution in [2.24, 2.45) is 0 Å². The molecule has 1 aromatic heterocycles. The Morgan fingerprint density at radius 2 is 2.20 bits per heavy atom. The predicted molar refractivity (Wildman–Crippen MR) is 59.4 cm³/mol. The SMILES string of the molecule is C[C@H](NS(=O)(=O)c1ccc(Br)s1)C(=O)O. The van der Waals surface area contributed by atoms with Crippen LogP contribution in [0.2, 0.25) is 0 Å². The Morgan fingerprint density at radius 3 is 2.60 bits per heavy atom. The number of aliphatic carboxylic acids is 1. The molecule has 1 aromatic rings. The summed E-state index contributed by atoms with van der Waals surface area (Å²) in [6, 6.07) is 1.85. The predicted octanol–water partition coefficient (Wildman–Crippen LogP) is 1.26. The van der Waals surface area contributed by atoms with E-state index in [1.54, 1.807) is 6.07 Å². The monoisotopic (exact) mass is 313 g/mol. The zero-order valence-electron chi connectivity index (χ0n) is 7.60. The van der Waals surface area contributed by atoms with E-state index >= 15 is 0 Å². The molecule has 1 heterocycles. The molecule has 0 amide bonds. The average Bonchev–Trinajstić information content (AvgIpc) is 2.51. The minimum Gasteiger partial charge on any atom is -0.480 e. The highest BCUT2D eigenvalue weighted by atomic mass is 79.9.